The van der Waals surface area contributed by atoms with Gasteiger partial charge >= 0.3 is 0 Å². The molecule has 100 valence electrons. The van der Waals surface area contributed by atoms with Crippen LogP contribution in [-0.2, 0) is 0 Å². The molecule has 0 radical (unpaired) electrons. The Balaban J connectivity index is 2.14. The zero-order chi connectivity index (χ0) is 13.4. The van der Waals surface area contributed by atoms with E-state index in [1.54, 1.807) is 4.68 Å². The van der Waals surface area contributed by atoms with Crippen molar-refractivity contribution in [3.63, 3.8) is 0 Å². The molecule has 0 saturated carbocycles. The van der Waals surface area contributed by atoms with Crippen molar-refractivity contribution in [2.45, 2.75) is 0 Å². The zero-order valence-corrected chi connectivity index (χ0v) is 11.6. The number of H-pyrrole nitrogens is 1. The standard InChI is InChI=1S/C13H16N4OS/c1-15-6-8-16(9-7-15)17-12(18)10-4-2-3-5-11(10)14-13(17)19/h2-5H,6-9H2,1H3,(H,14,19). The third kappa shape index (κ3) is 2.17. The van der Waals surface area contributed by atoms with Crippen molar-refractivity contribution < 1.29 is 0 Å². The molecule has 2 heterocycles. The van der Waals surface area contributed by atoms with E-state index in [9.17, 15) is 4.79 Å². The van der Waals surface area contributed by atoms with Gasteiger partial charge in [0.2, 0.25) is 0 Å². The van der Waals surface area contributed by atoms with Crippen LogP contribution >= 0.6 is 12.2 Å². The Morgan fingerprint density at radius 3 is 2.58 bits per heavy atom. The number of rotatable bonds is 1. The lowest BCUT2D eigenvalue weighted by atomic mass is 10.2. The van der Waals surface area contributed by atoms with Crippen molar-refractivity contribution in [3.8, 4) is 0 Å². The SMILES string of the molecule is CN1CCN(n2c(=S)[nH]c3ccccc3c2=O)CC1. The molecule has 1 aromatic heterocycles. The molecule has 3 rings (SSSR count). The minimum absolute atomic E-state index is 0.0381. The van der Waals surface area contributed by atoms with E-state index in [0.717, 1.165) is 31.7 Å². The molecule has 0 atom stereocenters. The highest BCUT2D eigenvalue weighted by molar-refractivity contribution is 7.71. The second kappa shape index (κ2) is 4.79. The fraction of sp³-hybridized carbons (Fsp3) is 0.385. The number of nitrogens with one attached hydrogen (secondary N) is 1. The average molecular weight is 276 g/mol. The molecular weight excluding hydrogens is 260 g/mol. The maximum atomic E-state index is 12.6. The van der Waals surface area contributed by atoms with Crippen molar-refractivity contribution >= 4 is 23.1 Å². The summed E-state index contributed by atoms with van der Waals surface area (Å²) in [5, 5.41) is 2.70. The van der Waals surface area contributed by atoms with Gasteiger partial charge in [0.05, 0.1) is 10.9 Å². The Bertz CT molecular complexity index is 712. The van der Waals surface area contributed by atoms with E-state index in [0.29, 0.717) is 10.2 Å². The van der Waals surface area contributed by atoms with E-state index < -0.39 is 0 Å². The summed E-state index contributed by atoms with van der Waals surface area (Å²) in [7, 11) is 2.08. The fourth-order valence-electron chi connectivity index (χ4n) is 2.41. The molecule has 0 spiro atoms. The van der Waals surface area contributed by atoms with E-state index in [-0.39, 0.29) is 5.56 Å². The van der Waals surface area contributed by atoms with Crippen LogP contribution < -0.4 is 10.6 Å². The van der Waals surface area contributed by atoms with Gasteiger partial charge in [-0.3, -0.25) is 4.79 Å². The first-order valence-electron chi connectivity index (χ1n) is 6.34. The van der Waals surface area contributed by atoms with Gasteiger partial charge in [0.1, 0.15) is 0 Å². The molecule has 1 aromatic carbocycles. The van der Waals surface area contributed by atoms with Gasteiger partial charge in [-0.05, 0) is 31.4 Å². The molecule has 5 nitrogen and oxygen atoms in total. The molecule has 0 aliphatic carbocycles. The second-order valence-electron chi connectivity index (χ2n) is 4.85. The highest BCUT2D eigenvalue weighted by Gasteiger charge is 2.17. The van der Waals surface area contributed by atoms with E-state index in [4.69, 9.17) is 12.2 Å². The average Bonchev–Trinajstić information content (AvgIpc) is 2.41. The predicted octanol–water partition coefficient (Wildman–Crippen LogP) is 0.942. The summed E-state index contributed by atoms with van der Waals surface area (Å²) in [6.45, 7) is 3.50. The summed E-state index contributed by atoms with van der Waals surface area (Å²) in [5.74, 6) is 0. The highest BCUT2D eigenvalue weighted by Crippen LogP contribution is 2.07. The van der Waals surface area contributed by atoms with Gasteiger partial charge in [-0.1, -0.05) is 12.1 Å². The number of hydrogen-bond donors (Lipinski definition) is 1. The molecule has 1 aliphatic rings. The zero-order valence-electron chi connectivity index (χ0n) is 10.8. The van der Waals surface area contributed by atoms with Crippen LogP contribution in [0.4, 0.5) is 0 Å². The first kappa shape index (κ1) is 12.4. The number of fused-ring (bicyclic) bond motifs is 1. The number of hydrogen-bond acceptors (Lipinski definition) is 4. The van der Waals surface area contributed by atoms with Crippen LogP contribution in [0, 0.1) is 4.77 Å². The molecule has 19 heavy (non-hydrogen) atoms. The first-order chi connectivity index (χ1) is 9.16. The van der Waals surface area contributed by atoms with Crippen molar-refractivity contribution in [1.29, 1.82) is 0 Å². The van der Waals surface area contributed by atoms with Gasteiger partial charge in [0, 0.05) is 26.2 Å². The van der Waals surface area contributed by atoms with Crippen LogP contribution in [0.2, 0.25) is 0 Å². The Labute approximate surface area is 116 Å². The Kier molecular flexibility index (Phi) is 3.12. The third-order valence-electron chi connectivity index (χ3n) is 3.55. The molecular formula is C13H16N4OS. The fourth-order valence-corrected chi connectivity index (χ4v) is 2.71. The summed E-state index contributed by atoms with van der Waals surface area (Å²) in [6.07, 6.45) is 0. The molecule has 0 unspecified atom stereocenters. The number of nitrogens with zero attached hydrogens (tertiary/aromatic N) is 3. The quantitative estimate of drug-likeness (QED) is 0.788. The van der Waals surface area contributed by atoms with Crippen LogP contribution in [0.25, 0.3) is 10.9 Å². The van der Waals surface area contributed by atoms with E-state index in [1.165, 1.54) is 0 Å². The summed E-state index contributed by atoms with van der Waals surface area (Å²) in [4.78, 5) is 17.9. The van der Waals surface area contributed by atoms with Gasteiger partial charge in [0.15, 0.2) is 4.77 Å². The Morgan fingerprint density at radius 2 is 1.84 bits per heavy atom. The van der Waals surface area contributed by atoms with Crippen molar-refractivity contribution in [3.05, 3.63) is 39.4 Å². The smallest absolute Gasteiger partial charge is 0.280 e. The maximum Gasteiger partial charge on any atom is 0.280 e. The largest absolute Gasteiger partial charge is 0.330 e. The van der Waals surface area contributed by atoms with Crippen LogP contribution in [0.5, 0.6) is 0 Å². The molecule has 0 amide bonds. The number of aromatic nitrogens is 2. The monoisotopic (exact) mass is 276 g/mol. The minimum Gasteiger partial charge on any atom is -0.330 e. The van der Waals surface area contributed by atoms with Gasteiger partial charge in [-0.2, -0.15) is 4.68 Å². The lowest BCUT2D eigenvalue weighted by Crippen LogP contribution is -2.53. The van der Waals surface area contributed by atoms with E-state index >= 15 is 0 Å². The summed E-state index contributed by atoms with van der Waals surface area (Å²) in [6, 6.07) is 7.47. The lowest BCUT2D eigenvalue weighted by Gasteiger charge is -2.34. The number of benzene rings is 1. The summed E-state index contributed by atoms with van der Waals surface area (Å²) < 4.78 is 2.07. The maximum absolute atomic E-state index is 12.6. The molecule has 1 saturated heterocycles. The summed E-state index contributed by atoms with van der Waals surface area (Å²) >= 11 is 5.33. The molecule has 1 aliphatic heterocycles. The molecule has 0 bridgehead atoms. The Hall–Kier alpha value is -1.66. The normalized spacial score (nSPS) is 17.0. The van der Waals surface area contributed by atoms with Crippen molar-refractivity contribution in [2.75, 3.05) is 38.2 Å². The number of aromatic amines is 1. The number of likely N-dealkylation sites (N-methyl/N-ethyl adjacent to an activating group) is 1. The van der Waals surface area contributed by atoms with Gasteiger partial charge < -0.3 is 14.9 Å². The lowest BCUT2D eigenvalue weighted by molar-refractivity contribution is 0.284. The van der Waals surface area contributed by atoms with Crippen LogP contribution in [0.1, 0.15) is 0 Å². The van der Waals surface area contributed by atoms with Gasteiger partial charge in [-0.25, -0.2) is 0 Å². The van der Waals surface area contributed by atoms with Crippen molar-refractivity contribution in [2.24, 2.45) is 0 Å². The molecule has 1 fully saturated rings. The number of para-hydroxylation sites is 1. The van der Waals surface area contributed by atoms with Gasteiger partial charge in [0.25, 0.3) is 5.56 Å². The summed E-state index contributed by atoms with van der Waals surface area (Å²) in [5.41, 5.74) is 0.756. The minimum atomic E-state index is -0.0381. The van der Waals surface area contributed by atoms with E-state index in [2.05, 4.69) is 16.9 Å². The first-order valence-corrected chi connectivity index (χ1v) is 6.75. The topological polar surface area (TPSA) is 44.3 Å². The highest BCUT2D eigenvalue weighted by atomic mass is 32.1. The van der Waals surface area contributed by atoms with Crippen LogP contribution in [0.3, 0.4) is 0 Å². The molecule has 6 heteroatoms. The number of piperazine rings is 1. The molecule has 2 aromatic rings. The third-order valence-corrected chi connectivity index (χ3v) is 3.82. The second-order valence-corrected chi connectivity index (χ2v) is 5.24. The predicted molar refractivity (Wildman–Crippen MR) is 78.8 cm³/mol. The van der Waals surface area contributed by atoms with Crippen LogP contribution in [-0.4, -0.2) is 47.8 Å². The van der Waals surface area contributed by atoms with Crippen molar-refractivity contribution in [1.82, 2.24) is 14.6 Å². The van der Waals surface area contributed by atoms with Gasteiger partial charge in [-0.15, -0.1) is 0 Å². The Morgan fingerprint density at radius 1 is 1.16 bits per heavy atom. The van der Waals surface area contributed by atoms with E-state index in [1.807, 2.05) is 29.3 Å². The molecule has 1 N–H and O–H groups in total. The van der Waals surface area contributed by atoms with Crippen LogP contribution in [0.15, 0.2) is 29.1 Å².